The predicted octanol–water partition coefficient (Wildman–Crippen LogP) is 3.60. The van der Waals surface area contributed by atoms with Crippen LogP contribution in [0.25, 0.3) is 0 Å². The lowest BCUT2D eigenvalue weighted by atomic mass is 10.1. The van der Waals surface area contributed by atoms with E-state index in [4.69, 9.17) is 0 Å². The van der Waals surface area contributed by atoms with E-state index in [1.54, 1.807) is 11.3 Å². The Morgan fingerprint density at radius 1 is 1.47 bits per heavy atom. The van der Waals surface area contributed by atoms with Crippen molar-refractivity contribution in [2.75, 3.05) is 6.54 Å². The second-order valence-corrected chi connectivity index (χ2v) is 7.02. The summed E-state index contributed by atoms with van der Waals surface area (Å²) in [6, 6.07) is 3.98. The maximum atomic E-state index is 12.5. The normalized spacial score (nSPS) is 14.4. The Bertz CT molecular complexity index is 619. The summed E-state index contributed by atoms with van der Waals surface area (Å²) < 4.78 is 3.65. The summed E-state index contributed by atoms with van der Waals surface area (Å²) in [5, 5.41) is 5.34. The Balaban J connectivity index is 1.98. The van der Waals surface area contributed by atoms with Gasteiger partial charge in [-0.25, -0.2) is 0 Å². The van der Waals surface area contributed by atoms with Gasteiger partial charge in [-0.15, -0.1) is 11.3 Å². The lowest BCUT2D eigenvalue weighted by Crippen LogP contribution is -2.26. The van der Waals surface area contributed by atoms with Crippen LogP contribution < -0.4 is 5.32 Å². The van der Waals surface area contributed by atoms with Crippen LogP contribution in [0.15, 0.2) is 26.6 Å². The first-order chi connectivity index (χ1) is 9.18. The van der Waals surface area contributed by atoms with Crippen molar-refractivity contribution < 1.29 is 4.79 Å². The molecule has 0 unspecified atom stereocenters. The van der Waals surface area contributed by atoms with E-state index in [1.807, 2.05) is 22.1 Å². The van der Waals surface area contributed by atoms with Crippen molar-refractivity contribution in [3.63, 3.8) is 0 Å². The van der Waals surface area contributed by atoms with Crippen LogP contribution in [0, 0.1) is 0 Å². The summed E-state index contributed by atoms with van der Waals surface area (Å²) in [5.41, 5.74) is 2.32. The maximum Gasteiger partial charge on any atom is 0.236 e. The van der Waals surface area contributed by atoms with Crippen LogP contribution in [0.4, 0.5) is 0 Å². The molecule has 0 atom stereocenters. The summed E-state index contributed by atoms with van der Waals surface area (Å²) >= 11 is 8.73. The molecule has 3 heterocycles. The van der Waals surface area contributed by atoms with Crippen molar-refractivity contribution in [1.82, 2.24) is 9.88 Å². The molecule has 100 valence electrons. The first kappa shape index (κ1) is 13.5. The highest BCUT2D eigenvalue weighted by molar-refractivity contribution is 9.13. The molecule has 1 N–H and O–H groups in total. The molecule has 1 aliphatic rings. The number of hydrogen-bond acceptors (Lipinski definition) is 3. The lowest BCUT2D eigenvalue weighted by molar-refractivity contribution is 0.0909. The third-order valence-electron chi connectivity index (χ3n) is 3.26. The molecule has 0 saturated heterocycles. The topological polar surface area (TPSA) is 34.0 Å². The van der Waals surface area contributed by atoms with Gasteiger partial charge < -0.3 is 5.32 Å². The van der Waals surface area contributed by atoms with Crippen molar-refractivity contribution in [1.29, 1.82) is 0 Å². The number of carbonyl (C=O) groups excluding carboxylic acids is 1. The summed E-state index contributed by atoms with van der Waals surface area (Å²) in [6.07, 6.45) is 1.34. The van der Waals surface area contributed by atoms with E-state index in [2.05, 4.69) is 37.2 Å². The molecule has 0 fully saturated rings. The van der Waals surface area contributed by atoms with E-state index in [-0.39, 0.29) is 5.91 Å². The molecule has 0 aliphatic carbocycles. The van der Waals surface area contributed by atoms with Crippen molar-refractivity contribution >= 4 is 49.1 Å². The molecule has 0 amide bonds. The third kappa shape index (κ3) is 2.46. The van der Waals surface area contributed by atoms with Gasteiger partial charge in [0.2, 0.25) is 5.91 Å². The number of rotatable bonds is 2. The van der Waals surface area contributed by atoms with E-state index in [9.17, 15) is 4.79 Å². The second-order valence-electron chi connectivity index (χ2n) is 4.44. The fraction of sp³-hybridized carbons (Fsp3) is 0.308. The summed E-state index contributed by atoms with van der Waals surface area (Å²) in [5.74, 6) is 0.123. The Morgan fingerprint density at radius 3 is 3.05 bits per heavy atom. The third-order valence-corrected chi connectivity index (χ3v) is 6.27. The fourth-order valence-electron chi connectivity index (χ4n) is 2.37. The SMILES string of the molecule is O=C(Cc1cccs1)n1c(Br)c(Br)c2c1CCNC2. The van der Waals surface area contributed by atoms with Gasteiger partial charge in [0.05, 0.1) is 10.9 Å². The smallest absolute Gasteiger partial charge is 0.236 e. The Labute approximate surface area is 132 Å². The van der Waals surface area contributed by atoms with Crippen molar-refractivity contribution in [3.8, 4) is 0 Å². The van der Waals surface area contributed by atoms with Crippen molar-refractivity contribution in [2.24, 2.45) is 0 Å². The second kappa shape index (κ2) is 5.52. The summed E-state index contributed by atoms with van der Waals surface area (Å²) in [4.78, 5) is 13.6. The average molecular weight is 404 g/mol. The molecule has 2 aromatic rings. The molecule has 6 heteroatoms. The number of halogens is 2. The number of fused-ring (bicyclic) bond motifs is 1. The number of carbonyl (C=O) groups is 1. The van der Waals surface area contributed by atoms with Gasteiger partial charge in [0.25, 0.3) is 0 Å². The molecule has 0 spiro atoms. The highest BCUT2D eigenvalue weighted by atomic mass is 79.9. The van der Waals surface area contributed by atoms with Crippen molar-refractivity contribution in [3.05, 3.63) is 42.7 Å². The van der Waals surface area contributed by atoms with Crippen LogP contribution >= 0.6 is 43.2 Å². The molecule has 0 aromatic carbocycles. The average Bonchev–Trinajstić information content (AvgIpc) is 2.99. The zero-order chi connectivity index (χ0) is 13.4. The highest BCUT2D eigenvalue weighted by Gasteiger charge is 2.25. The van der Waals surface area contributed by atoms with Crippen LogP contribution in [-0.2, 0) is 19.4 Å². The predicted molar refractivity (Wildman–Crippen MR) is 83.9 cm³/mol. The maximum absolute atomic E-state index is 12.5. The molecule has 19 heavy (non-hydrogen) atoms. The zero-order valence-electron chi connectivity index (χ0n) is 10.1. The first-order valence-corrected chi connectivity index (χ1v) is 8.49. The van der Waals surface area contributed by atoms with Gasteiger partial charge in [-0.1, -0.05) is 6.07 Å². The van der Waals surface area contributed by atoms with Crippen LogP contribution in [0.5, 0.6) is 0 Å². The zero-order valence-corrected chi connectivity index (χ0v) is 14.1. The van der Waals surface area contributed by atoms with E-state index in [1.165, 1.54) is 5.56 Å². The Hall–Kier alpha value is -0.430. The number of aromatic nitrogens is 1. The van der Waals surface area contributed by atoms with Gasteiger partial charge >= 0.3 is 0 Å². The molecule has 3 rings (SSSR count). The first-order valence-electron chi connectivity index (χ1n) is 6.02. The number of nitrogens with zero attached hydrogens (tertiary/aromatic N) is 1. The molecule has 0 radical (unpaired) electrons. The van der Waals surface area contributed by atoms with Crippen LogP contribution in [0.1, 0.15) is 20.9 Å². The largest absolute Gasteiger partial charge is 0.312 e. The van der Waals surface area contributed by atoms with Gasteiger partial charge in [0.15, 0.2) is 0 Å². The van der Waals surface area contributed by atoms with Crippen LogP contribution in [0.3, 0.4) is 0 Å². The Kier molecular flexibility index (Phi) is 3.93. The fourth-order valence-corrected chi connectivity index (χ4v) is 4.26. The molecular formula is C13H12Br2N2OS. The Morgan fingerprint density at radius 2 is 2.32 bits per heavy atom. The van der Waals surface area contributed by atoms with Crippen LogP contribution in [-0.4, -0.2) is 17.0 Å². The van der Waals surface area contributed by atoms with Crippen LogP contribution in [0.2, 0.25) is 0 Å². The molecular weight excluding hydrogens is 392 g/mol. The highest BCUT2D eigenvalue weighted by Crippen LogP contribution is 2.34. The molecule has 1 aliphatic heterocycles. The van der Waals surface area contributed by atoms with Gasteiger partial charge in [0, 0.05) is 35.6 Å². The van der Waals surface area contributed by atoms with E-state index < -0.39 is 0 Å². The van der Waals surface area contributed by atoms with Gasteiger partial charge in [-0.05, 0) is 43.3 Å². The minimum absolute atomic E-state index is 0.123. The number of hydrogen-bond donors (Lipinski definition) is 1. The molecule has 2 aromatic heterocycles. The van der Waals surface area contributed by atoms with E-state index in [0.29, 0.717) is 6.42 Å². The minimum atomic E-state index is 0.123. The quantitative estimate of drug-likeness (QED) is 0.830. The molecule has 0 saturated carbocycles. The van der Waals surface area contributed by atoms with Gasteiger partial charge in [0.1, 0.15) is 4.60 Å². The number of thiophene rings is 1. The molecule has 0 bridgehead atoms. The molecule has 3 nitrogen and oxygen atoms in total. The minimum Gasteiger partial charge on any atom is -0.312 e. The summed E-state index contributed by atoms with van der Waals surface area (Å²) in [7, 11) is 0. The van der Waals surface area contributed by atoms with Gasteiger partial charge in [-0.3, -0.25) is 9.36 Å². The van der Waals surface area contributed by atoms with Crippen molar-refractivity contribution in [2.45, 2.75) is 19.4 Å². The monoisotopic (exact) mass is 402 g/mol. The van der Waals surface area contributed by atoms with E-state index in [0.717, 1.165) is 39.2 Å². The standard InChI is InChI=1S/C13H12Br2N2OS/c14-12-9-7-16-4-3-10(9)17(13(12)15)11(18)6-8-2-1-5-19-8/h1-2,5,16H,3-4,6-7H2. The lowest BCUT2D eigenvalue weighted by Gasteiger charge is -2.16. The van der Waals surface area contributed by atoms with E-state index >= 15 is 0 Å². The number of nitrogens with one attached hydrogen (secondary N) is 1. The van der Waals surface area contributed by atoms with Gasteiger partial charge in [-0.2, -0.15) is 0 Å². The summed E-state index contributed by atoms with van der Waals surface area (Å²) in [6.45, 7) is 1.73.